The lowest BCUT2D eigenvalue weighted by Gasteiger charge is -2.63. The molecule has 2 heterocycles. The number of aliphatic hydroxyl groups excluding tert-OH is 1. The van der Waals surface area contributed by atoms with Gasteiger partial charge in [0, 0.05) is 37.2 Å². The SMILES string of the molecule is C=C1C(=O)C23CC1C(O)C(OC(C)=O)C2C12COC(OC)C1C(C)(C)CCC2OC3=O. The summed E-state index contributed by atoms with van der Waals surface area (Å²) in [6, 6.07) is 0. The first-order valence-corrected chi connectivity index (χ1v) is 11.0. The molecule has 0 radical (unpaired) electrons. The lowest BCUT2D eigenvalue weighted by molar-refractivity contribution is -0.266. The third-order valence-electron chi connectivity index (χ3n) is 8.86. The van der Waals surface area contributed by atoms with Crippen LogP contribution in [-0.2, 0) is 33.3 Å². The van der Waals surface area contributed by atoms with Crippen LogP contribution in [0.25, 0.3) is 0 Å². The van der Waals surface area contributed by atoms with Gasteiger partial charge in [0.2, 0.25) is 0 Å². The molecule has 3 saturated carbocycles. The molecule has 31 heavy (non-hydrogen) atoms. The maximum Gasteiger partial charge on any atom is 0.320 e. The largest absolute Gasteiger partial charge is 0.461 e. The number of hydrogen-bond acceptors (Lipinski definition) is 8. The zero-order valence-electron chi connectivity index (χ0n) is 18.4. The van der Waals surface area contributed by atoms with Gasteiger partial charge >= 0.3 is 11.9 Å². The topological polar surface area (TPSA) is 108 Å². The number of aliphatic hydroxyl groups is 1. The van der Waals surface area contributed by atoms with Gasteiger partial charge in [-0.1, -0.05) is 20.4 Å². The minimum atomic E-state index is -1.53. The van der Waals surface area contributed by atoms with E-state index in [1.54, 1.807) is 7.11 Å². The number of Topliss-reactive ketones (excluding diaryl/α,β-unsaturated/α-hetero) is 1. The average Bonchev–Trinajstić information content (AvgIpc) is 3.20. The molecule has 5 aliphatic rings. The maximum absolute atomic E-state index is 13.6. The van der Waals surface area contributed by atoms with E-state index < -0.39 is 65.0 Å². The molecular formula is C23H30O8. The van der Waals surface area contributed by atoms with Gasteiger partial charge in [0.1, 0.15) is 17.6 Å². The molecule has 170 valence electrons. The van der Waals surface area contributed by atoms with Crippen molar-refractivity contribution in [1.82, 2.24) is 0 Å². The van der Waals surface area contributed by atoms with E-state index >= 15 is 0 Å². The van der Waals surface area contributed by atoms with E-state index in [1.165, 1.54) is 6.92 Å². The molecule has 1 N–H and O–H groups in total. The van der Waals surface area contributed by atoms with Crippen molar-refractivity contribution in [1.29, 1.82) is 0 Å². The lowest BCUT2D eigenvalue weighted by Crippen LogP contribution is -2.72. The smallest absolute Gasteiger partial charge is 0.320 e. The Kier molecular flexibility index (Phi) is 4.35. The molecule has 3 aliphatic carbocycles. The van der Waals surface area contributed by atoms with Gasteiger partial charge in [0.25, 0.3) is 0 Å². The number of carbonyl (C=O) groups is 3. The van der Waals surface area contributed by atoms with Gasteiger partial charge < -0.3 is 24.1 Å². The van der Waals surface area contributed by atoms with Crippen LogP contribution in [0.1, 0.15) is 40.0 Å². The Hall–Kier alpha value is -1.77. The van der Waals surface area contributed by atoms with Gasteiger partial charge in [0.05, 0.1) is 12.7 Å². The molecule has 9 unspecified atom stereocenters. The predicted molar refractivity (Wildman–Crippen MR) is 105 cm³/mol. The first-order chi connectivity index (χ1) is 14.5. The Labute approximate surface area is 181 Å². The summed E-state index contributed by atoms with van der Waals surface area (Å²) in [6.07, 6.45) is -1.74. The van der Waals surface area contributed by atoms with Gasteiger partial charge in [-0.2, -0.15) is 0 Å². The molecule has 5 fully saturated rings. The van der Waals surface area contributed by atoms with Crippen molar-refractivity contribution in [2.75, 3.05) is 13.7 Å². The number of esters is 2. The van der Waals surface area contributed by atoms with Crippen LogP contribution in [0.2, 0.25) is 0 Å². The molecule has 0 amide bonds. The molecule has 8 heteroatoms. The van der Waals surface area contributed by atoms with Crippen molar-refractivity contribution in [2.24, 2.45) is 34.0 Å². The highest BCUT2D eigenvalue weighted by Crippen LogP contribution is 2.71. The van der Waals surface area contributed by atoms with Crippen molar-refractivity contribution in [3.8, 4) is 0 Å². The number of carbonyl (C=O) groups excluding carboxylic acids is 3. The summed E-state index contributed by atoms with van der Waals surface area (Å²) in [5.74, 6) is -3.22. The minimum absolute atomic E-state index is 0.117. The third kappa shape index (κ3) is 2.33. The second-order valence-corrected chi connectivity index (χ2v) is 10.6. The minimum Gasteiger partial charge on any atom is -0.461 e. The van der Waals surface area contributed by atoms with Crippen molar-refractivity contribution in [3.05, 3.63) is 12.2 Å². The van der Waals surface area contributed by atoms with Gasteiger partial charge in [-0.05, 0) is 30.3 Å². The molecular weight excluding hydrogens is 404 g/mol. The fourth-order valence-corrected chi connectivity index (χ4v) is 7.79. The molecule has 9 atom stereocenters. The van der Waals surface area contributed by atoms with Crippen LogP contribution in [0.4, 0.5) is 0 Å². The number of rotatable bonds is 2. The Morgan fingerprint density at radius 2 is 1.97 bits per heavy atom. The summed E-state index contributed by atoms with van der Waals surface area (Å²) in [7, 11) is 1.58. The zero-order valence-corrected chi connectivity index (χ0v) is 18.4. The second kappa shape index (κ2) is 6.39. The lowest BCUT2D eigenvalue weighted by atomic mass is 9.43. The summed E-state index contributed by atoms with van der Waals surface area (Å²) in [5, 5.41) is 11.3. The number of ether oxygens (including phenoxy) is 4. The standard InChI is InChI=1S/C23H30O8/c1-10-12-8-22(18(10)26)16(15(14(12)25)30-11(2)24)23-9-29-19(28-5)17(23)21(3,4)7-6-13(23)31-20(22)27/h12-17,19,25H,1,6-9H2,2-5H3. The molecule has 2 bridgehead atoms. The number of methoxy groups -OCH3 is 1. The van der Waals surface area contributed by atoms with E-state index in [0.29, 0.717) is 6.42 Å². The Morgan fingerprint density at radius 3 is 2.61 bits per heavy atom. The Balaban J connectivity index is 1.77. The van der Waals surface area contributed by atoms with E-state index in [4.69, 9.17) is 18.9 Å². The molecule has 8 nitrogen and oxygen atoms in total. The van der Waals surface area contributed by atoms with Crippen LogP contribution in [0.15, 0.2) is 12.2 Å². The van der Waals surface area contributed by atoms with Crippen LogP contribution < -0.4 is 0 Å². The molecule has 2 spiro atoms. The first-order valence-electron chi connectivity index (χ1n) is 11.0. The highest BCUT2D eigenvalue weighted by molar-refractivity contribution is 6.15. The number of hydrogen-bond donors (Lipinski definition) is 1. The van der Waals surface area contributed by atoms with Gasteiger partial charge in [-0.15, -0.1) is 0 Å². The van der Waals surface area contributed by atoms with E-state index in [0.717, 1.165) is 6.42 Å². The highest BCUT2D eigenvalue weighted by atomic mass is 16.7. The second-order valence-electron chi connectivity index (χ2n) is 10.6. The Morgan fingerprint density at radius 1 is 1.26 bits per heavy atom. The first kappa shape index (κ1) is 21.1. The summed E-state index contributed by atoms with van der Waals surface area (Å²) in [5.41, 5.74) is -2.41. The van der Waals surface area contributed by atoms with E-state index in [2.05, 4.69) is 20.4 Å². The van der Waals surface area contributed by atoms with Crippen molar-refractivity contribution >= 4 is 17.7 Å². The summed E-state index contributed by atoms with van der Waals surface area (Å²) in [4.78, 5) is 39.1. The molecule has 5 rings (SSSR count). The van der Waals surface area contributed by atoms with Gasteiger partial charge in [0.15, 0.2) is 12.1 Å². The van der Waals surface area contributed by atoms with E-state index in [-0.39, 0.29) is 29.9 Å². The molecule has 0 aromatic heterocycles. The summed E-state index contributed by atoms with van der Waals surface area (Å²) >= 11 is 0. The van der Waals surface area contributed by atoms with Crippen molar-refractivity contribution in [3.63, 3.8) is 0 Å². The van der Waals surface area contributed by atoms with Crippen molar-refractivity contribution < 1.29 is 38.4 Å². The van der Waals surface area contributed by atoms with Crippen LogP contribution in [-0.4, -0.2) is 61.1 Å². The third-order valence-corrected chi connectivity index (χ3v) is 8.86. The summed E-state index contributed by atoms with van der Waals surface area (Å²) < 4.78 is 23.5. The van der Waals surface area contributed by atoms with Crippen LogP contribution in [0, 0.1) is 34.0 Å². The van der Waals surface area contributed by atoms with Crippen molar-refractivity contribution in [2.45, 2.75) is 64.6 Å². The fraction of sp³-hybridized carbons (Fsp3) is 0.783. The molecule has 2 aliphatic heterocycles. The average molecular weight is 434 g/mol. The molecule has 2 saturated heterocycles. The normalized spacial score (nSPS) is 49.7. The predicted octanol–water partition coefficient (Wildman–Crippen LogP) is 1.39. The molecule has 0 aromatic rings. The van der Waals surface area contributed by atoms with E-state index in [1.807, 2.05) is 0 Å². The van der Waals surface area contributed by atoms with Crippen LogP contribution in [0.3, 0.4) is 0 Å². The van der Waals surface area contributed by atoms with Gasteiger partial charge in [-0.3, -0.25) is 14.4 Å². The van der Waals surface area contributed by atoms with Crippen LogP contribution >= 0.6 is 0 Å². The van der Waals surface area contributed by atoms with E-state index in [9.17, 15) is 19.5 Å². The van der Waals surface area contributed by atoms with Gasteiger partial charge in [-0.25, -0.2) is 0 Å². The fourth-order valence-electron chi connectivity index (χ4n) is 7.79. The maximum atomic E-state index is 13.6. The zero-order chi connectivity index (χ0) is 22.5. The number of ketones is 1. The monoisotopic (exact) mass is 434 g/mol. The quantitative estimate of drug-likeness (QED) is 0.395. The number of fused-ring (bicyclic) bond motifs is 1. The molecule has 0 aromatic carbocycles. The Bertz CT molecular complexity index is 879. The summed E-state index contributed by atoms with van der Waals surface area (Å²) in [6.45, 7) is 9.61. The van der Waals surface area contributed by atoms with Crippen LogP contribution in [0.5, 0.6) is 0 Å². The highest BCUT2D eigenvalue weighted by Gasteiger charge is 2.81.